The van der Waals surface area contributed by atoms with Crippen LogP contribution in [0.3, 0.4) is 0 Å². The van der Waals surface area contributed by atoms with E-state index >= 15 is 0 Å². The Morgan fingerprint density at radius 1 is 0.955 bits per heavy atom. The van der Waals surface area contributed by atoms with Gasteiger partial charge >= 0.3 is 0 Å². The van der Waals surface area contributed by atoms with Crippen molar-refractivity contribution in [2.75, 3.05) is 26.2 Å². The first-order valence-electron chi connectivity index (χ1n) is 8.04. The number of carbonyl (C=O) groups is 1. The van der Waals surface area contributed by atoms with E-state index in [0.29, 0.717) is 6.04 Å². The van der Waals surface area contributed by atoms with Crippen molar-refractivity contribution in [1.29, 1.82) is 0 Å². The fraction of sp³-hybridized carbons (Fsp3) is 0.316. The van der Waals surface area contributed by atoms with E-state index in [-0.39, 0.29) is 5.91 Å². The minimum absolute atomic E-state index is 0.200. The topological polar surface area (TPSA) is 24.8 Å². The van der Waals surface area contributed by atoms with Crippen LogP contribution in [0.1, 0.15) is 24.1 Å². The molecule has 0 radical (unpaired) electrons. The summed E-state index contributed by atoms with van der Waals surface area (Å²) in [6, 6.07) is 18.0. The van der Waals surface area contributed by atoms with Gasteiger partial charge in [0.1, 0.15) is 6.04 Å². The Hall–Kier alpha value is -2.13. The fourth-order valence-corrected chi connectivity index (χ4v) is 3.99. The van der Waals surface area contributed by atoms with Crippen molar-refractivity contribution in [2.24, 2.45) is 0 Å². The third-order valence-electron chi connectivity index (χ3n) is 5.09. The summed E-state index contributed by atoms with van der Waals surface area (Å²) in [7, 11) is 0. The number of carbonyl (C=O) groups excluding carboxylic acids is 1. The minimum atomic E-state index is 0.200. The van der Waals surface area contributed by atoms with Crippen LogP contribution < -0.4 is 4.90 Å². The predicted molar refractivity (Wildman–Crippen MR) is 86.7 cm³/mol. The van der Waals surface area contributed by atoms with Crippen molar-refractivity contribution in [3.8, 4) is 11.1 Å². The summed E-state index contributed by atoms with van der Waals surface area (Å²) in [4.78, 5) is 15.1. The van der Waals surface area contributed by atoms with Gasteiger partial charge in [-0.15, -0.1) is 0 Å². The highest BCUT2D eigenvalue weighted by atomic mass is 16.2. The van der Waals surface area contributed by atoms with Gasteiger partial charge in [0.05, 0.1) is 26.2 Å². The lowest BCUT2D eigenvalue weighted by molar-refractivity contribution is -0.929. The average molecular weight is 293 g/mol. The van der Waals surface area contributed by atoms with Crippen LogP contribution in [0.4, 0.5) is 0 Å². The standard InChI is InChI=1S/C19H20N2O/c1-14(22)20-10-12-21(13-11-20)19-17-8-4-2-6-15(17)16-7-3-5-9-18(16)19/h2-9,19H,10-13H2,1H3/p+1. The average Bonchev–Trinajstić information content (AvgIpc) is 2.89. The lowest BCUT2D eigenvalue weighted by Crippen LogP contribution is -3.15. The van der Waals surface area contributed by atoms with Gasteiger partial charge in [0.2, 0.25) is 5.91 Å². The van der Waals surface area contributed by atoms with Gasteiger partial charge in [-0.2, -0.15) is 0 Å². The van der Waals surface area contributed by atoms with Gasteiger partial charge in [-0.25, -0.2) is 0 Å². The smallest absolute Gasteiger partial charge is 0.219 e. The molecule has 1 heterocycles. The number of quaternary nitrogens is 1. The van der Waals surface area contributed by atoms with Crippen LogP contribution >= 0.6 is 0 Å². The van der Waals surface area contributed by atoms with Gasteiger partial charge in [-0.3, -0.25) is 4.79 Å². The molecule has 3 nitrogen and oxygen atoms in total. The molecular formula is C19H21N2O+. The number of rotatable bonds is 1. The first-order valence-corrected chi connectivity index (χ1v) is 8.04. The monoisotopic (exact) mass is 293 g/mol. The summed E-state index contributed by atoms with van der Waals surface area (Å²) in [5.41, 5.74) is 5.64. The molecule has 22 heavy (non-hydrogen) atoms. The SMILES string of the molecule is CC(=O)N1CC[NH+](C2c3ccccc3-c3ccccc32)CC1. The Kier molecular flexibility index (Phi) is 3.23. The molecular weight excluding hydrogens is 272 g/mol. The Balaban J connectivity index is 1.69. The van der Waals surface area contributed by atoms with Gasteiger partial charge in [-0.05, 0) is 11.1 Å². The van der Waals surface area contributed by atoms with E-state index in [2.05, 4.69) is 48.5 Å². The number of amides is 1. The van der Waals surface area contributed by atoms with Gasteiger partial charge in [0.15, 0.2) is 0 Å². The number of nitrogens with zero attached hydrogens (tertiary/aromatic N) is 1. The van der Waals surface area contributed by atoms with E-state index in [1.807, 2.05) is 4.90 Å². The normalized spacial score (nSPS) is 18.1. The molecule has 1 amide bonds. The number of piperazine rings is 1. The minimum Gasteiger partial charge on any atom is -0.332 e. The number of hydrogen-bond acceptors (Lipinski definition) is 1. The molecule has 1 aliphatic carbocycles. The van der Waals surface area contributed by atoms with Crippen LogP contribution in [0.5, 0.6) is 0 Å². The molecule has 4 rings (SSSR count). The second-order valence-corrected chi connectivity index (χ2v) is 6.27. The number of hydrogen-bond donors (Lipinski definition) is 1. The first kappa shape index (κ1) is 13.5. The summed E-state index contributed by atoms with van der Waals surface area (Å²) in [5.74, 6) is 0.200. The predicted octanol–water partition coefficient (Wildman–Crippen LogP) is 1.50. The van der Waals surface area contributed by atoms with Gasteiger partial charge in [0, 0.05) is 18.1 Å². The van der Waals surface area contributed by atoms with Crippen LogP contribution in [0, 0.1) is 0 Å². The van der Waals surface area contributed by atoms with Crippen molar-refractivity contribution in [1.82, 2.24) is 4.90 Å². The molecule has 1 aliphatic heterocycles. The Morgan fingerprint density at radius 3 is 1.95 bits per heavy atom. The first-order chi connectivity index (χ1) is 10.8. The van der Waals surface area contributed by atoms with Crippen LogP contribution in [-0.4, -0.2) is 37.0 Å². The molecule has 1 N–H and O–H groups in total. The Labute approximate surface area is 131 Å². The van der Waals surface area contributed by atoms with Crippen molar-refractivity contribution in [3.63, 3.8) is 0 Å². The molecule has 2 aliphatic rings. The summed E-state index contributed by atoms with van der Waals surface area (Å²) in [6.07, 6.45) is 0. The van der Waals surface area contributed by atoms with Crippen molar-refractivity contribution in [2.45, 2.75) is 13.0 Å². The maximum Gasteiger partial charge on any atom is 0.219 e. The van der Waals surface area contributed by atoms with Crippen molar-refractivity contribution < 1.29 is 9.69 Å². The molecule has 2 aromatic carbocycles. The fourth-order valence-electron chi connectivity index (χ4n) is 3.99. The molecule has 0 spiro atoms. The lowest BCUT2D eigenvalue weighted by atomic mass is 10.0. The highest BCUT2D eigenvalue weighted by Crippen LogP contribution is 2.41. The van der Waals surface area contributed by atoms with Crippen LogP contribution in [0.25, 0.3) is 11.1 Å². The van der Waals surface area contributed by atoms with Gasteiger partial charge in [-0.1, -0.05) is 48.5 Å². The van der Waals surface area contributed by atoms with E-state index in [0.717, 1.165) is 26.2 Å². The summed E-state index contributed by atoms with van der Waals surface area (Å²) in [5, 5.41) is 0. The number of fused-ring (bicyclic) bond motifs is 3. The van der Waals surface area contributed by atoms with Crippen LogP contribution in [-0.2, 0) is 4.79 Å². The second-order valence-electron chi connectivity index (χ2n) is 6.27. The maximum absolute atomic E-state index is 11.5. The van der Waals surface area contributed by atoms with Gasteiger partial charge < -0.3 is 9.80 Å². The number of nitrogens with one attached hydrogen (secondary N) is 1. The lowest BCUT2D eigenvalue weighted by Gasteiger charge is -2.35. The Morgan fingerprint density at radius 2 is 1.45 bits per heavy atom. The second kappa shape index (κ2) is 5.25. The molecule has 0 saturated carbocycles. The summed E-state index contributed by atoms with van der Waals surface area (Å²) >= 11 is 0. The molecule has 3 heteroatoms. The van der Waals surface area contributed by atoms with Crippen molar-refractivity contribution >= 4 is 5.91 Å². The van der Waals surface area contributed by atoms with Gasteiger partial charge in [0.25, 0.3) is 0 Å². The summed E-state index contributed by atoms with van der Waals surface area (Å²) in [6.45, 7) is 5.45. The zero-order valence-electron chi connectivity index (χ0n) is 12.9. The molecule has 0 bridgehead atoms. The molecule has 0 aromatic heterocycles. The molecule has 1 fully saturated rings. The summed E-state index contributed by atoms with van der Waals surface area (Å²) < 4.78 is 0. The van der Waals surface area contributed by atoms with E-state index in [1.165, 1.54) is 22.3 Å². The zero-order chi connectivity index (χ0) is 15.1. The molecule has 1 saturated heterocycles. The third kappa shape index (κ3) is 2.04. The highest BCUT2D eigenvalue weighted by Gasteiger charge is 2.37. The van der Waals surface area contributed by atoms with E-state index in [4.69, 9.17) is 0 Å². The van der Waals surface area contributed by atoms with Crippen LogP contribution in [0.15, 0.2) is 48.5 Å². The van der Waals surface area contributed by atoms with Crippen LogP contribution in [0.2, 0.25) is 0 Å². The molecule has 2 aromatic rings. The van der Waals surface area contributed by atoms with E-state index in [9.17, 15) is 4.79 Å². The highest BCUT2D eigenvalue weighted by molar-refractivity contribution is 5.77. The number of benzene rings is 2. The van der Waals surface area contributed by atoms with E-state index in [1.54, 1.807) is 11.8 Å². The third-order valence-corrected chi connectivity index (χ3v) is 5.09. The Bertz CT molecular complexity index is 671. The quantitative estimate of drug-likeness (QED) is 0.847. The van der Waals surface area contributed by atoms with Crippen molar-refractivity contribution in [3.05, 3.63) is 59.7 Å². The largest absolute Gasteiger partial charge is 0.332 e. The molecule has 0 unspecified atom stereocenters. The molecule has 112 valence electrons. The maximum atomic E-state index is 11.5. The van der Waals surface area contributed by atoms with E-state index < -0.39 is 0 Å². The molecule has 0 atom stereocenters. The zero-order valence-corrected chi connectivity index (χ0v) is 12.9.